The van der Waals surface area contributed by atoms with Crippen LogP contribution in [-0.2, 0) is 9.47 Å². The highest BCUT2D eigenvalue weighted by molar-refractivity contribution is 5.11. The number of aliphatic hydroxyl groups excluding tert-OH is 1. The van der Waals surface area contributed by atoms with Gasteiger partial charge in [0.05, 0.1) is 13.2 Å². The Labute approximate surface area is 79.0 Å². The maximum absolute atomic E-state index is 8.57. The largest absolute Gasteiger partial charge is 0.395 e. The lowest BCUT2D eigenvalue weighted by Crippen LogP contribution is -2.36. The molecule has 0 aliphatic carbocycles. The summed E-state index contributed by atoms with van der Waals surface area (Å²) in [6.07, 6.45) is 3.46. The molecule has 0 aromatic carbocycles. The Morgan fingerprint density at radius 3 is 2.92 bits per heavy atom. The van der Waals surface area contributed by atoms with E-state index in [4.69, 9.17) is 14.6 Å². The number of methoxy groups -OCH3 is 1. The minimum atomic E-state index is -0.701. The van der Waals surface area contributed by atoms with Crippen LogP contribution in [0.1, 0.15) is 25.7 Å². The van der Waals surface area contributed by atoms with Gasteiger partial charge in [0.1, 0.15) is 0 Å². The fraction of sp³-hybridized carbons (Fsp3) is 0.800. The van der Waals surface area contributed by atoms with E-state index >= 15 is 0 Å². The summed E-state index contributed by atoms with van der Waals surface area (Å²) in [6, 6.07) is 0. The van der Waals surface area contributed by atoms with Crippen LogP contribution in [0.2, 0.25) is 0 Å². The highest BCUT2D eigenvalue weighted by atomic mass is 16.7. The van der Waals surface area contributed by atoms with E-state index in [1.807, 2.05) is 0 Å². The molecule has 1 unspecified atom stereocenters. The van der Waals surface area contributed by atoms with E-state index in [0.29, 0.717) is 13.0 Å². The first-order chi connectivity index (χ1) is 6.33. The van der Waals surface area contributed by atoms with Gasteiger partial charge in [-0.2, -0.15) is 0 Å². The van der Waals surface area contributed by atoms with Crippen LogP contribution in [0, 0.1) is 11.8 Å². The Morgan fingerprint density at radius 1 is 1.54 bits per heavy atom. The minimum absolute atomic E-state index is 0.0901. The zero-order valence-electron chi connectivity index (χ0n) is 8.01. The van der Waals surface area contributed by atoms with Gasteiger partial charge in [0.25, 0.3) is 0 Å². The van der Waals surface area contributed by atoms with Crippen molar-refractivity contribution in [3.05, 3.63) is 0 Å². The van der Waals surface area contributed by atoms with Crippen molar-refractivity contribution in [3.63, 3.8) is 0 Å². The molecule has 13 heavy (non-hydrogen) atoms. The molecule has 1 atom stereocenters. The second kappa shape index (κ2) is 5.23. The summed E-state index contributed by atoms with van der Waals surface area (Å²) in [4.78, 5) is 0. The van der Waals surface area contributed by atoms with Gasteiger partial charge in [-0.25, -0.2) is 0 Å². The Kier molecular flexibility index (Phi) is 4.23. The SMILES string of the molecule is COC1(C#CCCO)CCCCO1. The summed E-state index contributed by atoms with van der Waals surface area (Å²) in [5.74, 6) is 5.08. The zero-order valence-corrected chi connectivity index (χ0v) is 8.01. The molecule has 0 spiro atoms. The molecule has 1 heterocycles. The Bertz CT molecular complexity index is 196. The van der Waals surface area contributed by atoms with Crippen LogP contribution in [0.25, 0.3) is 0 Å². The first-order valence-corrected chi connectivity index (χ1v) is 4.63. The quantitative estimate of drug-likeness (QED) is 0.648. The van der Waals surface area contributed by atoms with E-state index in [1.54, 1.807) is 7.11 Å². The lowest BCUT2D eigenvalue weighted by molar-refractivity contribution is -0.201. The monoisotopic (exact) mass is 184 g/mol. The van der Waals surface area contributed by atoms with Gasteiger partial charge in [-0.05, 0) is 18.8 Å². The fourth-order valence-electron chi connectivity index (χ4n) is 1.33. The van der Waals surface area contributed by atoms with Crippen LogP contribution in [0.3, 0.4) is 0 Å². The highest BCUT2D eigenvalue weighted by Gasteiger charge is 2.30. The predicted octanol–water partition coefficient (Wildman–Crippen LogP) is 0.915. The average Bonchev–Trinajstić information content (AvgIpc) is 2.20. The molecular formula is C10H16O3. The van der Waals surface area contributed by atoms with Crippen LogP contribution in [0.5, 0.6) is 0 Å². The van der Waals surface area contributed by atoms with Crippen molar-refractivity contribution < 1.29 is 14.6 Å². The van der Waals surface area contributed by atoms with Crippen LogP contribution < -0.4 is 0 Å². The van der Waals surface area contributed by atoms with Gasteiger partial charge >= 0.3 is 0 Å². The van der Waals surface area contributed by atoms with Crippen molar-refractivity contribution in [1.82, 2.24) is 0 Å². The third-order valence-electron chi connectivity index (χ3n) is 2.08. The van der Waals surface area contributed by atoms with Gasteiger partial charge in [-0.15, -0.1) is 0 Å². The van der Waals surface area contributed by atoms with Crippen LogP contribution >= 0.6 is 0 Å². The van der Waals surface area contributed by atoms with Gasteiger partial charge in [0.2, 0.25) is 5.79 Å². The summed E-state index contributed by atoms with van der Waals surface area (Å²) < 4.78 is 10.7. The molecule has 0 bridgehead atoms. The summed E-state index contributed by atoms with van der Waals surface area (Å²) in [6.45, 7) is 0.800. The number of ether oxygens (including phenoxy) is 2. The molecule has 1 fully saturated rings. The third kappa shape index (κ3) is 3.00. The van der Waals surface area contributed by atoms with Crippen LogP contribution in [0.4, 0.5) is 0 Å². The number of hydrogen-bond donors (Lipinski definition) is 1. The molecule has 0 saturated carbocycles. The molecule has 1 rings (SSSR count). The molecule has 3 nitrogen and oxygen atoms in total. The predicted molar refractivity (Wildman–Crippen MR) is 49.0 cm³/mol. The molecule has 1 N–H and O–H groups in total. The smallest absolute Gasteiger partial charge is 0.233 e. The first kappa shape index (κ1) is 10.5. The molecule has 0 aromatic heterocycles. The normalized spacial score (nSPS) is 27.8. The topological polar surface area (TPSA) is 38.7 Å². The van der Waals surface area contributed by atoms with Gasteiger partial charge < -0.3 is 14.6 Å². The van der Waals surface area contributed by atoms with Crippen LogP contribution in [0.15, 0.2) is 0 Å². The fourth-order valence-corrected chi connectivity index (χ4v) is 1.33. The minimum Gasteiger partial charge on any atom is -0.395 e. The molecule has 1 aliphatic rings. The summed E-state index contributed by atoms with van der Waals surface area (Å²) >= 11 is 0. The average molecular weight is 184 g/mol. The first-order valence-electron chi connectivity index (χ1n) is 4.63. The molecule has 0 aromatic rings. The second-order valence-electron chi connectivity index (χ2n) is 3.04. The number of rotatable bonds is 2. The van der Waals surface area contributed by atoms with E-state index in [0.717, 1.165) is 19.3 Å². The molecule has 0 radical (unpaired) electrons. The Hall–Kier alpha value is -0.560. The van der Waals surface area contributed by atoms with E-state index in [2.05, 4.69) is 11.8 Å². The standard InChI is InChI=1S/C10H16O3/c1-12-10(6-2-4-8-11)7-3-5-9-13-10/h11H,3-5,7-9H2,1H3. The Balaban J connectivity index is 2.53. The van der Waals surface area contributed by atoms with E-state index in [1.165, 1.54) is 0 Å². The van der Waals surface area contributed by atoms with Crippen molar-refractivity contribution in [2.24, 2.45) is 0 Å². The van der Waals surface area contributed by atoms with Crippen molar-refractivity contribution in [2.75, 3.05) is 20.3 Å². The van der Waals surface area contributed by atoms with Gasteiger partial charge in [-0.3, -0.25) is 0 Å². The molecule has 1 aliphatic heterocycles. The van der Waals surface area contributed by atoms with Crippen molar-refractivity contribution in [1.29, 1.82) is 0 Å². The second-order valence-corrected chi connectivity index (χ2v) is 3.04. The van der Waals surface area contributed by atoms with E-state index < -0.39 is 5.79 Å². The van der Waals surface area contributed by atoms with Crippen molar-refractivity contribution >= 4 is 0 Å². The van der Waals surface area contributed by atoms with E-state index in [9.17, 15) is 0 Å². The maximum Gasteiger partial charge on any atom is 0.233 e. The van der Waals surface area contributed by atoms with Gasteiger partial charge in [-0.1, -0.05) is 5.92 Å². The Morgan fingerprint density at radius 2 is 2.38 bits per heavy atom. The molecule has 0 amide bonds. The van der Waals surface area contributed by atoms with Gasteiger partial charge in [0.15, 0.2) is 0 Å². The summed E-state index contributed by atoms with van der Waals surface area (Å²) in [5.41, 5.74) is 0. The maximum atomic E-state index is 8.57. The number of hydrogen-bond acceptors (Lipinski definition) is 3. The molecule has 3 heteroatoms. The van der Waals surface area contributed by atoms with Crippen molar-refractivity contribution in [2.45, 2.75) is 31.5 Å². The molecule has 1 saturated heterocycles. The zero-order chi connectivity index (χ0) is 9.57. The summed E-state index contributed by atoms with van der Waals surface area (Å²) in [5, 5.41) is 8.57. The number of aliphatic hydroxyl groups is 1. The van der Waals surface area contributed by atoms with Crippen LogP contribution in [-0.4, -0.2) is 31.2 Å². The highest BCUT2D eigenvalue weighted by Crippen LogP contribution is 2.24. The van der Waals surface area contributed by atoms with E-state index in [-0.39, 0.29) is 6.61 Å². The lowest BCUT2D eigenvalue weighted by atomic mass is 10.1. The lowest BCUT2D eigenvalue weighted by Gasteiger charge is -2.30. The van der Waals surface area contributed by atoms with Gasteiger partial charge in [0, 0.05) is 20.0 Å². The molecule has 74 valence electrons. The molecular weight excluding hydrogens is 168 g/mol. The van der Waals surface area contributed by atoms with Crippen molar-refractivity contribution in [3.8, 4) is 11.8 Å². The summed E-state index contributed by atoms with van der Waals surface area (Å²) in [7, 11) is 1.61. The third-order valence-corrected chi connectivity index (χ3v) is 2.08.